The van der Waals surface area contributed by atoms with Gasteiger partial charge in [0.1, 0.15) is 5.75 Å². The van der Waals surface area contributed by atoms with E-state index in [9.17, 15) is 14.4 Å². The molecule has 1 fully saturated rings. The Morgan fingerprint density at radius 1 is 0.953 bits per heavy atom. The minimum absolute atomic E-state index is 0.00395. The summed E-state index contributed by atoms with van der Waals surface area (Å²) in [6, 6.07) is 25.5. The van der Waals surface area contributed by atoms with Gasteiger partial charge in [0.2, 0.25) is 0 Å². The van der Waals surface area contributed by atoms with E-state index in [0.717, 1.165) is 42.6 Å². The number of esters is 1. The Labute approximate surface area is 252 Å². The number of carbonyl (C=O) groups is 2. The highest BCUT2D eigenvalue weighted by atomic mass is 32.1. The van der Waals surface area contributed by atoms with Crippen LogP contribution in [0.3, 0.4) is 0 Å². The minimum Gasteiger partial charge on any atom is -0.484 e. The molecule has 9 heteroatoms. The normalized spacial score (nSPS) is 16.5. The van der Waals surface area contributed by atoms with Gasteiger partial charge in [-0.3, -0.25) is 14.2 Å². The van der Waals surface area contributed by atoms with Crippen LogP contribution in [-0.2, 0) is 14.3 Å². The third kappa shape index (κ3) is 5.94. The summed E-state index contributed by atoms with van der Waals surface area (Å²) >= 11 is 1.27. The topological polar surface area (TPSA) is 90.2 Å². The molecule has 0 radical (unpaired) electrons. The average molecular weight is 594 g/mol. The molecule has 43 heavy (non-hydrogen) atoms. The molecule has 0 aliphatic carbocycles. The molecule has 1 atom stereocenters. The van der Waals surface area contributed by atoms with E-state index in [0.29, 0.717) is 26.4 Å². The molecule has 2 aliphatic rings. The van der Waals surface area contributed by atoms with Crippen LogP contribution >= 0.6 is 11.3 Å². The molecule has 0 unspecified atom stereocenters. The molecule has 4 aromatic rings. The number of rotatable bonds is 8. The monoisotopic (exact) mass is 593 g/mol. The van der Waals surface area contributed by atoms with E-state index in [4.69, 9.17) is 14.5 Å². The molecule has 3 heterocycles. The molecule has 0 bridgehead atoms. The number of fused-ring (bicyclic) bond motifs is 1. The van der Waals surface area contributed by atoms with Crippen LogP contribution in [0.4, 0.5) is 0 Å². The van der Waals surface area contributed by atoms with Crippen LogP contribution in [0.1, 0.15) is 42.5 Å². The highest BCUT2D eigenvalue weighted by Crippen LogP contribution is 2.35. The summed E-state index contributed by atoms with van der Waals surface area (Å²) in [5.41, 5.74) is 2.92. The van der Waals surface area contributed by atoms with Crippen molar-refractivity contribution in [1.82, 2.24) is 9.47 Å². The van der Waals surface area contributed by atoms with Gasteiger partial charge in [0.05, 0.1) is 28.5 Å². The predicted octanol–water partition coefficient (Wildman–Crippen LogP) is 3.94. The Morgan fingerprint density at radius 2 is 1.63 bits per heavy atom. The molecular weight excluding hydrogens is 562 g/mol. The number of thiazole rings is 1. The molecule has 3 aromatic carbocycles. The molecule has 0 N–H and O–H groups in total. The largest absolute Gasteiger partial charge is 0.484 e. The second kappa shape index (κ2) is 12.6. The summed E-state index contributed by atoms with van der Waals surface area (Å²) in [7, 11) is 0. The van der Waals surface area contributed by atoms with Crippen LogP contribution in [0.2, 0.25) is 0 Å². The molecule has 1 saturated heterocycles. The van der Waals surface area contributed by atoms with E-state index in [1.54, 1.807) is 29.7 Å². The summed E-state index contributed by atoms with van der Waals surface area (Å²) in [4.78, 5) is 47.0. The number of ether oxygens (including phenoxy) is 2. The molecule has 218 valence electrons. The summed E-state index contributed by atoms with van der Waals surface area (Å²) in [5.74, 6) is 0.0709. The Kier molecular flexibility index (Phi) is 8.33. The Morgan fingerprint density at radius 3 is 2.30 bits per heavy atom. The van der Waals surface area contributed by atoms with Crippen LogP contribution in [0.15, 0.2) is 100 Å². The third-order valence-electron chi connectivity index (χ3n) is 7.49. The van der Waals surface area contributed by atoms with Gasteiger partial charge in [0, 0.05) is 18.7 Å². The number of likely N-dealkylation sites (tertiary alicyclic amines) is 1. The maximum Gasteiger partial charge on any atom is 0.338 e. The molecule has 2 aliphatic heterocycles. The van der Waals surface area contributed by atoms with Crippen molar-refractivity contribution in [3.63, 3.8) is 0 Å². The Hall–Kier alpha value is -4.76. The molecule has 6 rings (SSSR count). The Bertz CT molecular complexity index is 1840. The lowest BCUT2D eigenvalue weighted by Crippen LogP contribution is -2.39. The van der Waals surface area contributed by atoms with E-state index in [1.807, 2.05) is 77.7 Å². The SMILES string of the molecule is CCOC(=O)C1=C(c2ccccc2)N=c2s/c(=C/c3ccc(OCC(=O)N4CCCC4)cc3)c(=O)n2[C@H]1c1ccccc1. The number of nitrogens with zero attached hydrogens (tertiary/aromatic N) is 3. The molecule has 0 saturated carbocycles. The van der Waals surface area contributed by atoms with Gasteiger partial charge in [-0.2, -0.15) is 0 Å². The van der Waals surface area contributed by atoms with Gasteiger partial charge < -0.3 is 14.4 Å². The van der Waals surface area contributed by atoms with Gasteiger partial charge in [-0.1, -0.05) is 84.1 Å². The first-order valence-electron chi connectivity index (χ1n) is 14.4. The van der Waals surface area contributed by atoms with Crippen molar-refractivity contribution in [3.05, 3.63) is 127 Å². The predicted molar refractivity (Wildman–Crippen MR) is 165 cm³/mol. The lowest BCUT2D eigenvalue weighted by Gasteiger charge is -2.25. The van der Waals surface area contributed by atoms with Gasteiger partial charge in [-0.25, -0.2) is 9.79 Å². The lowest BCUT2D eigenvalue weighted by atomic mass is 9.93. The van der Waals surface area contributed by atoms with E-state index in [1.165, 1.54) is 11.3 Å². The zero-order chi connectivity index (χ0) is 29.8. The highest BCUT2D eigenvalue weighted by molar-refractivity contribution is 7.07. The number of carbonyl (C=O) groups excluding carboxylic acids is 2. The van der Waals surface area contributed by atoms with E-state index in [2.05, 4.69) is 0 Å². The number of hydrogen-bond donors (Lipinski definition) is 0. The van der Waals surface area contributed by atoms with Crippen molar-refractivity contribution in [3.8, 4) is 5.75 Å². The standard InChI is InChI=1S/C34H31N3O5S/c1-2-41-33(40)29-30(24-11-5-3-6-12-24)35-34-37(31(29)25-13-7-4-8-14-25)32(39)27(43-34)21-23-15-17-26(18-16-23)42-22-28(38)36-19-9-10-20-36/h3-8,11-18,21,31H,2,9-10,19-20,22H2,1H3/b27-21+/t31-/m0/s1. The van der Waals surface area contributed by atoms with Crippen LogP contribution < -0.4 is 19.6 Å². The fourth-order valence-electron chi connectivity index (χ4n) is 5.41. The van der Waals surface area contributed by atoms with Gasteiger partial charge in [-0.05, 0) is 49.1 Å². The zero-order valence-corrected chi connectivity index (χ0v) is 24.6. The smallest absolute Gasteiger partial charge is 0.338 e. The lowest BCUT2D eigenvalue weighted by molar-refractivity contribution is -0.139. The molecule has 1 aromatic heterocycles. The maximum absolute atomic E-state index is 14.0. The Balaban J connectivity index is 1.39. The first-order chi connectivity index (χ1) is 21.0. The van der Waals surface area contributed by atoms with Crippen molar-refractivity contribution in [2.75, 3.05) is 26.3 Å². The second-order valence-electron chi connectivity index (χ2n) is 10.3. The van der Waals surface area contributed by atoms with Crippen LogP contribution in [0.25, 0.3) is 11.8 Å². The third-order valence-corrected chi connectivity index (χ3v) is 8.47. The van der Waals surface area contributed by atoms with Gasteiger partial charge >= 0.3 is 5.97 Å². The van der Waals surface area contributed by atoms with Crippen molar-refractivity contribution in [2.24, 2.45) is 4.99 Å². The first kappa shape index (κ1) is 28.4. The van der Waals surface area contributed by atoms with Gasteiger partial charge in [0.25, 0.3) is 11.5 Å². The summed E-state index contributed by atoms with van der Waals surface area (Å²) in [6.45, 7) is 3.54. The van der Waals surface area contributed by atoms with Crippen molar-refractivity contribution >= 4 is 35.0 Å². The van der Waals surface area contributed by atoms with E-state index < -0.39 is 12.0 Å². The fourth-order valence-corrected chi connectivity index (χ4v) is 6.41. The van der Waals surface area contributed by atoms with Crippen molar-refractivity contribution in [1.29, 1.82) is 0 Å². The fraction of sp³-hybridized carbons (Fsp3) is 0.235. The highest BCUT2D eigenvalue weighted by Gasteiger charge is 2.35. The van der Waals surface area contributed by atoms with E-state index >= 15 is 0 Å². The molecular formula is C34H31N3O5S. The van der Waals surface area contributed by atoms with Gasteiger partial charge in [0.15, 0.2) is 11.4 Å². The molecule has 1 amide bonds. The number of amides is 1. The molecule has 0 spiro atoms. The average Bonchev–Trinajstić information content (AvgIpc) is 3.69. The van der Waals surface area contributed by atoms with E-state index in [-0.39, 0.29) is 24.7 Å². The van der Waals surface area contributed by atoms with Crippen LogP contribution in [0.5, 0.6) is 5.75 Å². The zero-order valence-electron chi connectivity index (χ0n) is 23.8. The number of benzene rings is 3. The van der Waals surface area contributed by atoms with Crippen LogP contribution in [0, 0.1) is 0 Å². The number of aromatic nitrogens is 1. The summed E-state index contributed by atoms with van der Waals surface area (Å²) < 4.78 is 13.3. The summed E-state index contributed by atoms with van der Waals surface area (Å²) in [5, 5.41) is 0. The van der Waals surface area contributed by atoms with Crippen LogP contribution in [-0.4, -0.2) is 47.6 Å². The summed E-state index contributed by atoms with van der Waals surface area (Å²) in [6.07, 6.45) is 3.88. The quantitative estimate of drug-likeness (QED) is 0.289. The van der Waals surface area contributed by atoms with Gasteiger partial charge in [-0.15, -0.1) is 0 Å². The maximum atomic E-state index is 14.0. The van der Waals surface area contributed by atoms with Crippen molar-refractivity contribution in [2.45, 2.75) is 25.8 Å². The minimum atomic E-state index is -0.710. The second-order valence-corrected chi connectivity index (χ2v) is 11.3. The first-order valence-corrected chi connectivity index (χ1v) is 15.2. The number of hydrogen-bond acceptors (Lipinski definition) is 7. The van der Waals surface area contributed by atoms with Crippen molar-refractivity contribution < 1.29 is 19.1 Å². The molecule has 8 nitrogen and oxygen atoms in total.